The number of alkyl halides is 6. The van der Waals surface area contributed by atoms with E-state index in [0.717, 1.165) is 17.8 Å². The van der Waals surface area contributed by atoms with Crippen LogP contribution in [0.4, 0.5) is 37.8 Å². The Balaban J connectivity index is 1.37. The van der Waals surface area contributed by atoms with Crippen LogP contribution in [0, 0.1) is 0 Å². The molecule has 2 aliphatic rings. The van der Waals surface area contributed by atoms with E-state index in [1.54, 1.807) is 24.3 Å². The van der Waals surface area contributed by atoms with Crippen LogP contribution in [0.25, 0.3) is 11.1 Å². The van der Waals surface area contributed by atoms with E-state index in [1.807, 2.05) is 4.90 Å². The molecule has 3 heterocycles. The van der Waals surface area contributed by atoms with Gasteiger partial charge in [-0.05, 0) is 79.0 Å². The largest absolute Gasteiger partial charge is 0.480 e. The van der Waals surface area contributed by atoms with E-state index < -0.39 is 35.8 Å². The summed E-state index contributed by atoms with van der Waals surface area (Å²) in [6, 6.07) is 9.29. The molecule has 46 heavy (non-hydrogen) atoms. The van der Waals surface area contributed by atoms with Crippen molar-refractivity contribution in [1.82, 2.24) is 14.8 Å². The molecule has 0 radical (unpaired) electrons. The summed E-state index contributed by atoms with van der Waals surface area (Å²) in [5.74, 6) is -1.41. The maximum Gasteiger partial charge on any atom is 0.416 e. The molecule has 1 amide bonds. The van der Waals surface area contributed by atoms with Gasteiger partial charge in [0.25, 0.3) is 5.91 Å². The standard InChI is InChI=1S/C31H30ClF6N5O3/c32-23-13-20(12-22(15-23)30(33,34)35)25-16-39-27(14-21(25)17-43-7-1-2-26(43)31(36,37)38)40-29(46)19-3-5-24(6-4-19)42-10-8-41(9-11-42)18-28(44)45/h3-6,12-16,26H,1-2,7-11,17-18H2,(H,44,45)(H,39,40,46). The molecule has 0 saturated carbocycles. The zero-order valence-electron chi connectivity index (χ0n) is 24.3. The lowest BCUT2D eigenvalue weighted by Gasteiger charge is -2.35. The van der Waals surface area contributed by atoms with Gasteiger partial charge in [0.15, 0.2) is 0 Å². The van der Waals surface area contributed by atoms with Crippen molar-refractivity contribution in [1.29, 1.82) is 0 Å². The van der Waals surface area contributed by atoms with Crippen LogP contribution in [-0.4, -0.2) is 83.3 Å². The molecule has 246 valence electrons. The number of piperazine rings is 1. The Bertz CT molecular complexity index is 1580. The lowest BCUT2D eigenvalue weighted by atomic mass is 9.99. The number of likely N-dealkylation sites (tertiary alicyclic amines) is 1. The van der Waals surface area contributed by atoms with E-state index in [0.29, 0.717) is 32.6 Å². The molecule has 2 fully saturated rings. The third-order valence-electron chi connectivity index (χ3n) is 8.11. The number of carboxylic acid groups (broad SMARTS) is 1. The second-order valence-corrected chi connectivity index (χ2v) is 11.7. The second kappa shape index (κ2) is 13.5. The Morgan fingerprint density at radius 2 is 1.65 bits per heavy atom. The van der Waals surface area contributed by atoms with Gasteiger partial charge in [0.2, 0.25) is 0 Å². The van der Waals surface area contributed by atoms with Crippen molar-refractivity contribution < 1.29 is 41.0 Å². The van der Waals surface area contributed by atoms with Crippen LogP contribution in [0.5, 0.6) is 0 Å². The topological polar surface area (TPSA) is 89.0 Å². The Kier molecular flexibility index (Phi) is 9.80. The van der Waals surface area contributed by atoms with Crippen LogP contribution >= 0.6 is 11.6 Å². The summed E-state index contributed by atoms with van der Waals surface area (Å²) in [5.41, 5.74) is 0.546. The maximum absolute atomic E-state index is 13.7. The molecule has 8 nitrogen and oxygen atoms in total. The number of benzene rings is 2. The number of halogens is 7. The second-order valence-electron chi connectivity index (χ2n) is 11.3. The molecule has 1 aromatic heterocycles. The monoisotopic (exact) mass is 669 g/mol. The third-order valence-corrected chi connectivity index (χ3v) is 8.33. The van der Waals surface area contributed by atoms with Crippen molar-refractivity contribution in [3.05, 3.63) is 76.4 Å². The molecule has 0 aliphatic carbocycles. The summed E-state index contributed by atoms with van der Waals surface area (Å²) in [5, 5.41) is 11.4. The van der Waals surface area contributed by atoms with E-state index in [-0.39, 0.29) is 59.1 Å². The molecule has 1 atom stereocenters. The van der Waals surface area contributed by atoms with Gasteiger partial charge < -0.3 is 15.3 Å². The molecular formula is C31H30ClF6N5O3. The minimum atomic E-state index is -4.71. The number of aliphatic carboxylic acids is 1. The van der Waals surface area contributed by atoms with Gasteiger partial charge in [0, 0.05) is 60.8 Å². The van der Waals surface area contributed by atoms with Crippen molar-refractivity contribution in [3.63, 3.8) is 0 Å². The van der Waals surface area contributed by atoms with Crippen molar-refractivity contribution >= 4 is 35.0 Å². The normalized spacial score (nSPS) is 18.2. The number of nitrogens with one attached hydrogen (secondary N) is 1. The van der Waals surface area contributed by atoms with Gasteiger partial charge in [-0.2, -0.15) is 26.3 Å². The number of carbonyl (C=O) groups is 2. The summed E-state index contributed by atoms with van der Waals surface area (Å²) < 4.78 is 81.9. The predicted octanol–water partition coefficient (Wildman–Crippen LogP) is 6.41. The fourth-order valence-electron chi connectivity index (χ4n) is 5.84. The first kappa shape index (κ1) is 33.5. The van der Waals surface area contributed by atoms with Gasteiger partial charge in [0.05, 0.1) is 12.1 Å². The molecule has 3 aromatic rings. The van der Waals surface area contributed by atoms with Crippen molar-refractivity contribution in [2.24, 2.45) is 0 Å². The van der Waals surface area contributed by atoms with Gasteiger partial charge >= 0.3 is 18.3 Å². The Morgan fingerprint density at radius 1 is 0.957 bits per heavy atom. The summed E-state index contributed by atoms with van der Waals surface area (Å²) in [4.78, 5) is 33.4. The smallest absolute Gasteiger partial charge is 0.416 e. The molecule has 2 saturated heterocycles. The fraction of sp³-hybridized carbons (Fsp3) is 0.387. The van der Waals surface area contributed by atoms with Crippen LogP contribution in [0.2, 0.25) is 5.02 Å². The van der Waals surface area contributed by atoms with Gasteiger partial charge in [-0.15, -0.1) is 0 Å². The summed E-state index contributed by atoms with van der Waals surface area (Å²) in [6.07, 6.45) is -7.77. The van der Waals surface area contributed by atoms with Crippen LogP contribution in [0.1, 0.15) is 34.3 Å². The third kappa shape index (κ3) is 8.09. The summed E-state index contributed by atoms with van der Waals surface area (Å²) in [6.45, 7) is 2.24. The highest BCUT2D eigenvalue weighted by molar-refractivity contribution is 6.31. The van der Waals surface area contributed by atoms with Crippen LogP contribution in [0.15, 0.2) is 54.7 Å². The van der Waals surface area contributed by atoms with Gasteiger partial charge in [-0.25, -0.2) is 4.98 Å². The van der Waals surface area contributed by atoms with E-state index >= 15 is 0 Å². The first-order valence-electron chi connectivity index (χ1n) is 14.5. The number of aromatic nitrogens is 1. The highest BCUT2D eigenvalue weighted by Gasteiger charge is 2.45. The predicted molar refractivity (Wildman–Crippen MR) is 160 cm³/mol. The lowest BCUT2D eigenvalue weighted by Crippen LogP contribution is -2.47. The van der Waals surface area contributed by atoms with Crippen molar-refractivity contribution in [2.45, 2.75) is 37.8 Å². The van der Waals surface area contributed by atoms with E-state index in [9.17, 15) is 35.9 Å². The zero-order chi connectivity index (χ0) is 33.2. The zero-order valence-corrected chi connectivity index (χ0v) is 25.1. The number of rotatable bonds is 8. The maximum atomic E-state index is 13.7. The molecule has 5 rings (SSSR count). The average molecular weight is 670 g/mol. The Labute approximate surface area is 265 Å². The number of hydrogen-bond acceptors (Lipinski definition) is 6. The molecule has 15 heteroatoms. The summed E-state index contributed by atoms with van der Waals surface area (Å²) >= 11 is 6.00. The van der Waals surface area contributed by atoms with Crippen molar-refractivity contribution in [2.75, 3.05) is 49.5 Å². The molecule has 2 N–H and O–H groups in total. The number of pyridine rings is 1. The highest BCUT2D eigenvalue weighted by atomic mass is 35.5. The molecule has 2 aliphatic heterocycles. The van der Waals surface area contributed by atoms with Gasteiger partial charge in [-0.3, -0.25) is 19.4 Å². The quantitative estimate of drug-likeness (QED) is 0.268. The van der Waals surface area contributed by atoms with Crippen molar-refractivity contribution in [3.8, 4) is 11.1 Å². The number of hydrogen-bond donors (Lipinski definition) is 2. The lowest BCUT2D eigenvalue weighted by molar-refractivity contribution is -0.177. The highest BCUT2D eigenvalue weighted by Crippen LogP contribution is 2.38. The number of amides is 1. The fourth-order valence-corrected chi connectivity index (χ4v) is 6.07. The number of carbonyl (C=O) groups excluding carboxylic acids is 1. The molecule has 0 bridgehead atoms. The molecule has 2 aromatic carbocycles. The average Bonchev–Trinajstić information content (AvgIpc) is 3.46. The van der Waals surface area contributed by atoms with E-state index in [4.69, 9.17) is 16.7 Å². The molecular weight excluding hydrogens is 640 g/mol. The first-order chi connectivity index (χ1) is 21.7. The number of carboxylic acids is 1. The minimum absolute atomic E-state index is 0.0169. The van der Waals surface area contributed by atoms with Gasteiger partial charge in [0.1, 0.15) is 11.9 Å². The Morgan fingerprint density at radius 3 is 2.28 bits per heavy atom. The van der Waals surface area contributed by atoms with E-state index in [1.165, 1.54) is 23.2 Å². The molecule has 0 spiro atoms. The van der Waals surface area contributed by atoms with Crippen LogP contribution in [0.3, 0.4) is 0 Å². The SMILES string of the molecule is O=C(O)CN1CCN(c2ccc(C(=O)Nc3cc(CN4CCCC4C(F)(F)F)c(-c4cc(Cl)cc(C(F)(F)F)c4)cn3)cc2)CC1. The Hall–Kier alpha value is -3.88. The molecule has 1 unspecified atom stereocenters. The number of nitrogens with zero attached hydrogens (tertiary/aromatic N) is 4. The van der Waals surface area contributed by atoms with Crippen LogP contribution in [-0.2, 0) is 17.5 Å². The minimum Gasteiger partial charge on any atom is -0.480 e. The number of anilines is 2. The first-order valence-corrected chi connectivity index (χ1v) is 14.8. The van der Waals surface area contributed by atoms with E-state index in [2.05, 4.69) is 15.2 Å². The van der Waals surface area contributed by atoms with Crippen LogP contribution < -0.4 is 10.2 Å². The summed E-state index contributed by atoms with van der Waals surface area (Å²) in [7, 11) is 0. The van der Waals surface area contributed by atoms with Gasteiger partial charge in [-0.1, -0.05) is 11.6 Å².